The Morgan fingerprint density at radius 2 is 1.94 bits per heavy atom. The fourth-order valence-electron chi connectivity index (χ4n) is 1.62. The predicted octanol–water partition coefficient (Wildman–Crippen LogP) is 2.19. The largest absolute Gasteiger partial charge is 0.380 e. The number of nitrogens with one attached hydrogen (secondary N) is 1. The molecular formula is C11H18Cl2N2O. The Kier molecular flexibility index (Phi) is 7.51. The van der Waals surface area contributed by atoms with Gasteiger partial charge in [0.2, 0.25) is 0 Å². The lowest BCUT2D eigenvalue weighted by atomic mass is 10.2. The van der Waals surface area contributed by atoms with Crippen molar-refractivity contribution in [3.05, 3.63) is 29.8 Å². The van der Waals surface area contributed by atoms with Gasteiger partial charge in [0, 0.05) is 18.8 Å². The van der Waals surface area contributed by atoms with E-state index in [2.05, 4.69) is 29.6 Å². The minimum absolute atomic E-state index is 0. The molecular weight excluding hydrogens is 247 g/mol. The first kappa shape index (κ1) is 15.5. The molecule has 3 N–H and O–H groups in total. The van der Waals surface area contributed by atoms with Crippen LogP contribution in [0.25, 0.3) is 0 Å². The predicted molar refractivity (Wildman–Crippen MR) is 71.7 cm³/mol. The third kappa shape index (κ3) is 4.18. The van der Waals surface area contributed by atoms with Crippen molar-refractivity contribution in [2.45, 2.75) is 19.0 Å². The lowest BCUT2D eigenvalue weighted by Crippen LogP contribution is -2.18. The number of nitrogens with two attached hydrogens (primary N) is 1. The van der Waals surface area contributed by atoms with E-state index in [1.807, 2.05) is 0 Å². The van der Waals surface area contributed by atoms with E-state index in [9.17, 15) is 0 Å². The number of anilines is 1. The summed E-state index contributed by atoms with van der Waals surface area (Å²) in [5.74, 6) is 0. The Bertz CT molecular complexity index is 287. The van der Waals surface area contributed by atoms with Gasteiger partial charge in [0.15, 0.2) is 0 Å². The van der Waals surface area contributed by atoms with Crippen molar-refractivity contribution in [1.82, 2.24) is 0 Å². The third-order valence-electron chi connectivity index (χ3n) is 2.49. The summed E-state index contributed by atoms with van der Waals surface area (Å²) in [7, 11) is 0. The lowest BCUT2D eigenvalue weighted by Gasteiger charge is -2.12. The van der Waals surface area contributed by atoms with Crippen LogP contribution in [0.3, 0.4) is 0 Å². The molecule has 5 heteroatoms. The van der Waals surface area contributed by atoms with E-state index < -0.39 is 0 Å². The first-order chi connectivity index (χ1) is 6.88. The molecule has 0 amide bonds. The zero-order valence-electron chi connectivity index (χ0n) is 9.02. The van der Waals surface area contributed by atoms with Crippen LogP contribution in [-0.4, -0.2) is 19.3 Å². The summed E-state index contributed by atoms with van der Waals surface area (Å²) in [4.78, 5) is 0. The number of hydrogen-bond donors (Lipinski definition) is 2. The molecule has 1 atom stereocenters. The average Bonchev–Trinajstić information content (AvgIpc) is 2.72. The topological polar surface area (TPSA) is 47.3 Å². The van der Waals surface area contributed by atoms with Crippen LogP contribution < -0.4 is 11.1 Å². The van der Waals surface area contributed by atoms with Crippen molar-refractivity contribution in [2.24, 2.45) is 5.73 Å². The molecule has 1 fully saturated rings. The molecule has 16 heavy (non-hydrogen) atoms. The highest BCUT2D eigenvalue weighted by Gasteiger charge is 2.14. The summed E-state index contributed by atoms with van der Waals surface area (Å²) in [6, 6.07) is 8.72. The standard InChI is InChI=1S/C11H16N2O.2ClH/c12-7-9-1-3-10(4-2-9)13-11-5-6-14-8-11;;/h1-4,11,13H,5-8,12H2;2*1H. The van der Waals surface area contributed by atoms with Gasteiger partial charge in [-0.3, -0.25) is 0 Å². The summed E-state index contributed by atoms with van der Waals surface area (Å²) < 4.78 is 5.29. The molecule has 1 aromatic rings. The molecule has 0 aliphatic carbocycles. The summed E-state index contributed by atoms with van der Waals surface area (Å²) >= 11 is 0. The Morgan fingerprint density at radius 1 is 1.25 bits per heavy atom. The molecule has 1 aliphatic rings. The van der Waals surface area contributed by atoms with E-state index >= 15 is 0 Å². The van der Waals surface area contributed by atoms with Crippen molar-refractivity contribution in [3.8, 4) is 0 Å². The highest BCUT2D eigenvalue weighted by atomic mass is 35.5. The Balaban J connectivity index is 0.00000112. The van der Waals surface area contributed by atoms with Crippen LogP contribution in [0.2, 0.25) is 0 Å². The summed E-state index contributed by atoms with van der Waals surface area (Å²) in [5.41, 5.74) is 7.84. The van der Waals surface area contributed by atoms with E-state index in [1.54, 1.807) is 0 Å². The van der Waals surface area contributed by atoms with Crippen LogP contribution in [0.15, 0.2) is 24.3 Å². The van der Waals surface area contributed by atoms with E-state index in [-0.39, 0.29) is 24.8 Å². The summed E-state index contributed by atoms with van der Waals surface area (Å²) in [6.07, 6.45) is 1.10. The highest BCUT2D eigenvalue weighted by molar-refractivity contribution is 5.85. The van der Waals surface area contributed by atoms with Crippen molar-refractivity contribution in [1.29, 1.82) is 0 Å². The van der Waals surface area contributed by atoms with E-state index in [0.717, 1.165) is 25.3 Å². The van der Waals surface area contributed by atoms with Gasteiger partial charge in [-0.05, 0) is 24.1 Å². The first-order valence-corrected chi connectivity index (χ1v) is 5.02. The van der Waals surface area contributed by atoms with Gasteiger partial charge in [0.05, 0.1) is 12.6 Å². The van der Waals surface area contributed by atoms with Crippen LogP contribution in [-0.2, 0) is 11.3 Å². The molecule has 1 saturated heterocycles. The Hall–Kier alpha value is -0.480. The molecule has 2 rings (SSSR count). The molecule has 0 saturated carbocycles. The van der Waals surface area contributed by atoms with Gasteiger partial charge in [0.1, 0.15) is 0 Å². The zero-order valence-corrected chi connectivity index (χ0v) is 10.7. The fraction of sp³-hybridized carbons (Fsp3) is 0.455. The van der Waals surface area contributed by atoms with Crippen LogP contribution in [0, 0.1) is 0 Å². The maximum Gasteiger partial charge on any atom is 0.0668 e. The molecule has 0 aromatic heterocycles. The molecule has 0 bridgehead atoms. The Morgan fingerprint density at radius 3 is 2.44 bits per heavy atom. The van der Waals surface area contributed by atoms with Crippen LogP contribution in [0.4, 0.5) is 5.69 Å². The van der Waals surface area contributed by atoms with E-state index in [1.165, 1.54) is 5.56 Å². The molecule has 1 unspecified atom stereocenters. The van der Waals surface area contributed by atoms with Crippen LogP contribution in [0.5, 0.6) is 0 Å². The van der Waals surface area contributed by atoms with Crippen molar-refractivity contribution in [2.75, 3.05) is 18.5 Å². The number of hydrogen-bond acceptors (Lipinski definition) is 3. The van der Waals surface area contributed by atoms with Crippen molar-refractivity contribution < 1.29 is 4.74 Å². The molecule has 0 spiro atoms. The zero-order chi connectivity index (χ0) is 9.80. The second-order valence-electron chi connectivity index (χ2n) is 3.61. The van der Waals surface area contributed by atoms with Crippen LogP contribution in [0.1, 0.15) is 12.0 Å². The maximum absolute atomic E-state index is 5.52. The number of rotatable bonds is 3. The number of ether oxygens (including phenoxy) is 1. The normalized spacial score (nSPS) is 18.4. The highest BCUT2D eigenvalue weighted by Crippen LogP contribution is 2.14. The monoisotopic (exact) mass is 264 g/mol. The maximum atomic E-state index is 5.52. The van der Waals surface area contributed by atoms with Gasteiger partial charge in [-0.15, -0.1) is 24.8 Å². The molecule has 3 nitrogen and oxygen atoms in total. The third-order valence-corrected chi connectivity index (χ3v) is 2.49. The molecule has 1 aromatic carbocycles. The summed E-state index contributed by atoms with van der Waals surface area (Å²) in [6.45, 7) is 2.30. The minimum atomic E-state index is 0. The quantitative estimate of drug-likeness (QED) is 0.880. The lowest BCUT2D eigenvalue weighted by molar-refractivity contribution is 0.195. The van der Waals surface area contributed by atoms with Crippen molar-refractivity contribution in [3.63, 3.8) is 0 Å². The van der Waals surface area contributed by atoms with E-state index in [0.29, 0.717) is 12.6 Å². The van der Waals surface area contributed by atoms with E-state index in [4.69, 9.17) is 10.5 Å². The molecule has 1 heterocycles. The van der Waals surface area contributed by atoms with Gasteiger partial charge in [-0.2, -0.15) is 0 Å². The second-order valence-corrected chi connectivity index (χ2v) is 3.61. The minimum Gasteiger partial charge on any atom is -0.380 e. The second kappa shape index (κ2) is 7.74. The smallest absolute Gasteiger partial charge is 0.0668 e. The molecule has 1 aliphatic heterocycles. The van der Waals surface area contributed by atoms with Gasteiger partial charge in [-0.1, -0.05) is 12.1 Å². The average molecular weight is 265 g/mol. The number of halogens is 2. The molecule has 0 radical (unpaired) electrons. The van der Waals surface area contributed by atoms with Gasteiger partial charge in [-0.25, -0.2) is 0 Å². The fourth-order valence-corrected chi connectivity index (χ4v) is 1.62. The molecule has 92 valence electrons. The SMILES string of the molecule is Cl.Cl.NCc1ccc(NC2CCOC2)cc1. The van der Waals surface area contributed by atoms with Gasteiger partial charge < -0.3 is 15.8 Å². The summed E-state index contributed by atoms with van der Waals surface area (Å²) in [5, 5.41) is 3.43. The van der Waals surface area contributed by atoms with Gasteiger partial charge in [0.25, 0.3) is 0 Å². The van der Waals surface area contributed by atoms with Gasteiger partial charge >= 0.3 is 0 Å². The first-order valence-electron chi connectivity index (χ1n) is 5.02. The number of benzene rings is 1. The van der Waals surface area contributed by atoms with Crippen LogP contribution >= 0.6 is 24.8 Å². The van der Waals surface area contributed by atoms with Crippen molar-refractivity contribution >= 4 is 30.5 Å². The Labute approximate surface area is 109 Å².